The van der Waals surface area contributed by atoms with Crippen molar-refractivity contribution in [3.05, 3.63) is 61.0 Å². The number of hydrogen-bond acceptors (Lipinski definition) is 1. The predicted molar refractivity (Wildman–Crippen MR) is 92.4 cm³/mol. The van der Waals surface area contributed by atoms with E-state index in [9.17, 15) is 0 Å². The van der Waals surface area contributed by atoms with Crippen LogP contribution in [0.15, 0.2) is 34.8 Å². The van der Waals surface area contributed by atoms with Gasteiger partial charge in [0, 0.05) is 10.2 Å². The fourth-order valence-electron chi connectivity index (χ4n) is 2.02. The first-order valence-electron chi connectivity index (χ1n) is 6.05. The van der Waals surface area contributed by atoms with Crippen LogP contribution in [0.1, 0.15) is 24.1 Å². The van der Waals surface area contributed by atoms with Crippen molar-refractivity contribution in [1.29, 1.82) is 0 Å². The van der Waals surface area contributed by atoms with Gasteiger partial charge >= 0.3 is 0 Å². The lowest BCUT2D eigenvalue weighted by Crippen LogP contribution is -2.07. The van der Waals surface area contributed by atoms with Crippen molar-refractivity contribution >= 4 is 56.4 Å². The van der Waals surface area contributed by atoms with Crippen molar-refractivity contribution in [2.45, 2.75) is 19.9 Å². The van der Waals surface area contributed by atoms with Gasteiger partial charge in [-0.1, -0.05) is 56.8 Å². The van der Waals surface area contributed by atoms with E-state index in [-0.39, 0.29) is 6.04 Å². The Hall–Kier alpha value is -0.410. The van der Waals surface area contributed by atoms with Gasteiger partial charge in [-0.25, -0.2) is 0 Å². The van der Waals surface area contributed by atoms with E-state index < -0.39 is 0 Å². The van der Waals surface area contributed by atoms with E-state index in [4.69, 9.17) is 34.8 Å². The zero-order valence-electron chi connectivity index (χ0n) is 11.0. The van der Waals surface area contributed by atoms with E-state index in [1.54, 1.807) is 6.07 Å². The predicted octanol–water partition coefficient (Wildman–Crippen LogP) is 6.89. The maximum Gasteiger partial charge on any atom is 0.0782 e. The molecule has 1 nitrogen and oxygen atoms in total. The molecule has 0 saturated heterocycles. The molecule has 0 aliphatic carbocycles. The molecule has 0 saturated carbocycles. The van der Waals surface area contributed by atoms with Gasteiger partial charge in [0.1, 0.15) is 0 Å². The highest BCUT2D eigenvalue weighted by molar-refractivity contribution is 9.10. The minimum Gasteiger partial charge on any atom is -0.378 e. The summed E-state index contributed by atoms with van der Waals surface area (Å²) in [7, 11) is 0. The summed E-state index contributed by atoms with van der Waals surface area (Å²) in [5.74, 6) is 0. The van der Waals surface area contributed by atoms with Gasteiger partial charge in [-0.05, 0) is 49.2 Å². The lowest BCUT2D eigenvalue weighted by molar-refractivity contribution is 0.884. The summed E-state index contributed by atoms with van der Waals surface area (Å²) in [5.41, 5.74) is 3.11. The molecule has 0 heterocycles. The van der Waals surface area contributed by atoms with Crippen LogP contribution < -0.4 is 5.32 Å². The summed E-state index contributed by atoms with van der Waals surface area (Å²) in [5, 5.41) is 4.76. The third kappa shape index (κ3) is 3.62. The summed E-state index contributed by atoms with van der Waals surface area (Å²) in [6.45, 7) is 4.08. The fraction of sp³-hybridized carbons (Fsp3) is 0.200. The van der Waals surface area contributed by atoms with E-state index in [2.05, 4.69) is 33.4 Å². The summed E-state index contributed by atoms with van der Waals surface area (Å²) < 4.78 is 1.03. The Bertz CT molecular complexity index is 623. The molecule has 0 aliphatic heterocycles. The molecule has 5 heteroatoms. The minimum absolute atomic E-state index is 0.0194. The number of halogens is 4. The van der Waals surface area contributed by atoms with Gasteiger partial charge < -0.3 is 5.32 Å². The maximum atomic E-state index is 6.26. The second-order valence-electron chi connectivity index (χ2n) is 4.65. The Morgan fingerprint density at radius 1 is 1.05 bits per heavy atom. The molecule has 106 valence electrons. The van der Waals surface area contributed by atoms with Crippen LogP contribution >= 0.6 is 50.7 Å². The quantitative estimate of drug-likeness (QED) is 0.560. The number of anilines is 1. The van der Waals surface area contributed by atoms with E-state index >= 15 is 0 Å². The van der Waals surface area contributed by atoms with Gasteiger partial charge in [-0.3, -0.25) is 0 Å². The largest absolute Gasteiger partial charge is 0.378 e. The Balaban J connectivity index is 2.28. The van der Waals surface area contributed by atoms with E-state index in [1.165, 1.54) is 5.56 Å². The molecule has 0 amide bonds. The molecular formula is C15H13BrCl3N. The van der Waals surface area contributed by atoms with Gasteiger partial charge in [-0.2, -0.15) is 0 Å². The average Bonchev–Trinajstić information content (AvgIpc) is 2.34. The molecule has 1 N–H and O–H groups in total. The summed E-state index contributed by atoms with van der Waals surface area (Å²) in [4.78, 5) is 0. The molecule has 2 aromatic rings. The van der Waals surface area contributed by atoms with E-state index in [0.717, 1.165) is 15.7 Å². The number of nitrogens with one attached hydrogen (secondary N) is 1. The van der Waals surface area contributed by atoms with Gasteiger partial charge in [0.2, 0.25) is 0 Å². The zero-order chi connectivity index (χ0) is 14.9. The van der Waals surface area contributed by atoms with Crippen molar-refractivity contribution in [2.75, 3.05) is 5.32 Å². The Labute approximate surface area is 142 Å². The first-order chi connectivity index (χ1) is 9.38. The minimum atomic E-state index is 0.0194. The molecule has 20 heavy (non-hydrogen) atoms. The third-order valence-electron chi connectivity index (χ3n) is 2.96. The van der Waals surface area contributed by atoms with Crippen molar-refractivity contribution < 1.29 is 0 Å². The van der Waals surface area contributed by atoms with Crippen LogP contribution in [-0.4, -0.2) is 0 Å². The fourth-order valence-corrected chi connectivity index (χ4v) is 3.34. The molecule has 1 atom stereocenters. The molecule has 2 aromatic carbocycles. The first kappa shape index (κ1) is 16.0. The smallest absolute Gasteiger partial charge is 0.0782 e. The van der Waals surface area contributed by atoms with Gasteiger partial charge in [0.15, 0.2) is 0 Å². The van der Waals surface area contributed by atoms with Crippen LogP contribution in [0.3, 0.4) is 0 Å². The normalized spacial score (nSPS) is 12.3. The lowest BCUT2D eigenvalue weighted by atomic mass is 10.1. The first-order valence-corrected chi connectivity index (χ1v) is 7.98. The van der Waals surface area contributed by atoms with E-state index in [1.807, 2.05) is 26.0 Å². The molecule has 0 spiro atoms. The standard InChI is InChI=1S/C15H13BrCl3N/c1-8-5-10(16)7-11(6-8)20-9(2)12-3-4-13(17)15(19)14(12)18/h3-7,9,20H,1-2H3. The molecular weight excluding hydrogens is 380 g/mol. The zero-order valence-corrected chi connectivity index (χ0v) is 14.8. The number of benzene rings is 2. The summed E-state index contributed by atoms with van der Waals surface area (Å²) >= 11 is 21.8. The molecule has 0 aliphatic rings. The Morgan fingerprint density at radius 2 is 1.75 bits per heavy atom. The van der Waals surface area contributed by atoms with Crippen molar-refractivity contribution in [3.63, 3.8) is 0 Å². The van der Waals surface area contributed by atoms with Crippen LogP contribution in [0.2, 0.25) is 15.1 Å². The van der Waals surface area contributed by atoms with Gasteiger partial charge in [0.25, 0.3) is 0 Å². The monoisotopic (exact) mass is 391 g/mol. The maximum absolute atomic E-state index is 6.26. The second-order valence-corrected chi connectivity index (χ2v) is 6.73. The highest BCUT2D eigenvalue weighted by Crippen LogP contribution is 2.36. The van der Waals surface area contributed by atoms with E-state index in [0.29, 0.717) is 15.1 Å². The third-order valence-corrected chi connectivity index (χ3v) is 4.72. The van der Waals surface area contributed by atoms with Crippen LogP contribution in [0.5, 0.6) is 0 Å². The molecule has 2 rings (SSSR count). The average molecular weight is 394 g/mol. The summed E-state index contributed by atoms with van der Waals surface area (Å²) in [6.07, 6.45) is 0. The highest BCUT2D eigenvalue weighted by Gasteiger charge is 2.14. The van der Waals surface area contributed by atoms with Gasteiger partial charge in [-0.15, -0.1) is 0 Å². The molecule has 0 bridgehead atoms. The van der Waals surface area contributed by atoms with Crippen molar-refractivity contribution in [3.8, 4) is 0 Å². The van der Waals surface area contributed by atoms with Crippen LogP contribution in [0.25, 0.3) is 0 Å². The van der Waals surface area contributed by atoms with Crippen molar-refractivity contribution in [1.82, 2.24) is 0 Å². The van der Waals surface area contributed by atoms with Crippen LogP contribution in [0, 0.1) is 6.92 Å². The SMILES string of the molecule is Cc1cc(Br)cc(NC(C)c2ccc(Cl)c(Cl)c2Cl)c1. The molecule has 0 radical (unpaired) electrons. The Kier molecular flexibility index (Phi) is 5.25. The van der Waals surface area contributed by atoms with Crippen LogP contribution in [-0.2, 0) is 0 Å². The molecule has 0 fully saturated rings. The Morgan fingerprint density at radius 3 is 2.40 bits per heavy atom. The van der Waals surface area contributed by atoms with Crippen molar-refractivity contribution in [2.24, 2.45) is 0 Å². The highest BCUT2D eigenvalue weighted by atomic mass is 79.9. The van der Waals surface area contributed by atoms with Gasteiger partial charge in [0.05, 0.1) is 21.1 Å². The lowest BCUT2D eigenvalue weighted by Gasteiger charge is -2.18. The number of hydrogen-bond donors (Lipinski definition) is 1. The number of rotatable bonds is 3. The number of aryl methyl sites for hydroxylation is 1. The van der Waals surface area contributed by atoms with Crippen LogP contribution in [0.4, 0.5) is 5.69 Å². The summed E-state index contributed by atoms with van der Waals surface area (Å²) in [6, 6.07) is 9.82. The molecule has 0 aromatic heterocycles. The molecule has 1 unspecified atom stereocenters. The second kappa shape index (κ2) is 6.57. The topological polar surface area (TPSA) is 12.0 Å².